The topological polar surface area (TPSA) is 68.2 Å². The van der Waals surface area contributed by atoms with E-state index in [1.807, 2.05) is 10.8 Å². The lowest BCUT2D eigenvalue weighted by molar-refractivity contribution is 0.0898. The minimum atomic E-state index is -1.18. The van der Waals surface area contributed by atoms with Gasteiger partial charge in [0.1, 0.15) is 24.0 Å². The Balaban J connectivity index is 1.82. The first kappa shape index (κ1) is 25.7. The van der Waals surface area contributed by atoms with Gasteiger partial charge in [0.25, 0.3) is 0 Å². The van der Waals surface area contributed by atoms with Crippen molar-refractivity contribution in [2.24, 2.45) is 0 Å². The predicted molar refractivity (Wildman–Crippen MR) is 135 cm³/mol. The molecule has 33 heavy (non-hydrogen) atoms. The van der Waals surface area contributed by atoms with E-state index in [9.17, 15) is 13.6 Å². The summed E-state index contributed by atoms with van der Waals surface area (Å²) in [5.74, 6) is -1.52. The molecule has 2 heterocycles. The van der Waals surface area contributed by atoms with E-state index in [1.54, 1.807) is 19.2 Å². The average molecular weight is 558 g/mol. The van der Waals surface area contributed by atoms with Crippen molar-refractivity contribution in [2.75, 3.05) is 18.5 Å². The summed E-state index contributed by atoms with van der Waals surface area (Å²) in [6, 6.07) is 4.46. The number of ether oxygens (including phenoxy) is 1. The van der Waals surface area contributed by atoms with Gasteiger partial charge in [-0.15, -0.1) is 0 Å². The maximum atomic E-state index is 14.8. The van der Waals surface area contributed by atoms with E-state index in [2.05, 4.69) is 51.2 Å². The molecular formula is C22H27BrF2N4O2SSi. The van der Waals surface area contributed by atoms with Crippen molar-refractivity contribution in [3.63, 3.8) is 0 Å². The number of amides is 2. The maximum absolute atomic E-state index is 14.8. The third kappa shape index (κ3) is 6.78. The Morgan fingerprint density at radius 1 is 1.27 bits per heavy atom. The normalized spacial score (nSPS) is 11.7. The molecule has 2 aromatic heterocycles. The first-order valence-corrected chi connectivity index (χ1v) is 15.8. The van der Waals surface area contributed by atoms with Gasteiger partial charge in [-0.25, -0.2) is 18.6 Å². The van der Waals surface area contributed by atoms with Gasteiger partial charge in [-0.1, -0.05) is 31.4 Å². The molecule has 0 aliphatic carbocycles. The summed E-state index contributed by atoms with van der Waals surface area (Å²) in [7, 11) is -1.18. The van der Waals surface area contributed by atoms with Crippen LogP contribution in [0.2, 0.25) is 25.7 Å². The van der Waals surface area contributed by atoms with E-state index >= 15 is 0 Å². The van der Waals surface area contributed by atoms with Crippen molar-refractivity contribution in [1.29, 1.82) is 0 Å². The molecule has 0 spiro atoms. The van der Waals surface area contributed by atoms with E-state index in [0.717, 1.165) is 39.8 Å². The van der Waals surface area contributed by atoms with Crippen LogP contribution >= 0.6 is 27.7 Å². The first-order chi connectivity index (χ1) is 15.6. The van der Waals surface area contributed by atoms with Crippen LogP contribution in [0.5, 0.6) is 0 Å². The summed E-state index contributed by atoms with van der Waals surface area (Å²) in [6.45, 7) is 10.1. The molecule has 0 radical (unpaired) electrons. The number of nitrogens with zero attached hydrogens (tertiary/aromatic N) is 2. The van der Waals surface area contributed by atoms with E-state index in [0.29, 0.717) is 30.4 Å². The summed E-state index contributed by atoms with van der Waals surface area (Å²) >= 11 is 4.52. The summed E-state index contributed by atoms with van der Waals surface area (Å²) < 4.78 is 38.0. The molecule has 0 atom stereocenters. The molecule has 2 N–H and O–H groups in total. The molecule has 0 aliphatic rings. The van der Waals surface area contributed by atoms with E-state index < -0.39 is 25.7 Å². The molecule has 0 saturated carbocycles. The Morgan fingerprint density at radius 2 is 1.97 bits per heavy atom. The molecule has 0 fully saturated rings. The number of pyridine rings is 1. The van der Waals surface area contributed by atoms with Crippen LogP contribution in [0.3, 0.4) is 0 Å². The molecule has 0 saturated heterocycles. The molecule has 1 aromatic carbocycles. The fourth-order valence-electron chi connectivity index (χ4n) is 3.04. The lowest BCUT2D eigenvalue weighted by atomic mass is 10.3. The summed E-state index contributed by atoms with van der Waals surface area (Å²) in [5.41, 5.74) is 0.707. The van der Waals surface area contributed by atoms with Gasteiger partial charge >= 0.3 is 6.03 Å². The van der Waals surface area contributed by atoms with Gasteiger partial charge in [0.05, 0.1) is 4.90 Å². The standard InChI is InChI=1S/C22H27BrF2N4O2SSi/c1-5-26-22(30)28-14-10-16(24)20(17(25)11-14)32-18-6-7-27-21-19(18)15(23)12-29(21)13-31-8-9-33(2,3)4/h6-7,10-12H,5,8-9,13H2,1-4H3,(H2,26,28,30). The number of halogens is 3. The molecule has 3 rings (SSSR count). The number of fused-ring (bicyclic) bond motifs is 1. The number of rotatable bonds is 9. The Hall–Kier alpha value is -1.95. The molecule has 2 amide bonds. The third-order valence-electron chi connectivity index (χ3n) is 4.71. The van der Waals surface area contributed by atoms with Gasteiger partial charge in [-0.2, -0.15) is 0 Å². The van der Waals surface area contributed by atoms with Crippen LogP contribution in [0.1, 0.15) is 6.92 Å². The highest BCUT2D eigenvalue weighted by molar-refractivity contribution is 9.10. The minimum absolute atomic E-state index is 0.0444. The molecule has 11 heteroatoms. The van der Waals surface area contributed by atoms with Gasteiger partial charge in [0.15, 0.2) is 0 Å². The van der Waals surface area contributed by atoms with Crippen LogP contribution in [-0.2, 0) is 11.5 Å². The largest absolute Gasteiger partial charge is 0.361 e. The van der Waals surface area contributed by atoms with Crippen LogP contribution in [0.15, 0.2) is 44.9 Å². The number of nitrogens with one attached hydrogen (secondary N) is 2. The average Bonchev–Trinajstić information content (AvgIpc) is 3.04. The van der Waals surface area contributed by atoms with E-state index in [1.165, 1.54) is 0 Å². The summed E-state index contributed by atoms with van der Waals surface area (Å²) in [4.78, 5) is 16.6. The number of urea groups is 1. The fourth-order valence-corrected chi connectivity index (χ4v) is 5.53. The van der Waals surface area contributed by atoms with Gasteiger partial charge in [-0.3, -0.25) is 0 Å². The highest BCUT2D eigenvalue weighted by Gasteiger charge is 2.19. The molecular weight excluding hydrogens is 530 g/mol. The van der Waals surface area contributed by atoms with Gasteiger partial charge in [0, 0.05) is 54.1 Å². The number of anilines is 1. The molecule has 0 unspecified atom stereocenters. The number of carbonyl (C=O) groups excluding carboxylic acids is 1. The Morgan fingerprint density at radius 3 is 2.61 bits per heavy atom. The van der Waals surface area contributed by atoms with Gasteiger partial charge in [0.2, 0.25) is 0 Å². The predicted octanol–water partition coefficient (Wildman–Crippen LogP) is 6.68. The molecule has 6 nitrogen and oxygen atoms in total. The maximum Gasteiger partial charge on any atom is 0.319 e. The zero-order chi connectivity index (χ0) is 24.2. The molecule has 0 bridgehead atoms. The van der Waals surface area contributed by atoms with Crippen molar-refractivity contribution < 1.29 is 18.3 Å². The number of carbonyl (C=O) groups is 1. The van der Waals surface area contributed by atoms with Crippen molar-refractivity contribution in [1.82, 2.24) is 14.9 Å². The monoisotopic (exact) mass is 556 g/mol. The number of hydrogen-bond acceptors (Lipinski definition) is 4. The second-order valence-corrected chi connectivity index (χ2v) is 16.2. The van der Waals surface area contributed by atoms with E-state index in [4.69, 9.17) is 4.74 Å². The van der Waals surface area contributed by atoms with Crippen LogP contribution in [0.25, 0.3) is 11.0 Å². The highest BCUT2D eigenvalue weighted by Crippen LogP contribution is 2.40. The molecule has 3 aromatic rings. The smallest absolute Gasteiger partial charge is 0.319 e. The lowest BCUT2D eigenvalue weighted by Crippen LogP contribution is -2.28. The fraction of sp³-hybridized carbons (Fsp3) is 0.364. The second-order valence-electron chi connectivity index (χ2n) is 8.66. The second kappa shape index (κ2) is 11.0. The van der Waals surface area contributed by atoms with Crippen LogP contribution in [0.4, 0.5) is 19.3 Å². The Kier molecular flexibility index (Phi) is 8.54. The summed E-state index contributed by atoms with van der Waals surface area (Å²) in [5, 5.41) is 5.69. The zero-order valence-electron chi connectivity index (χ0n) is 19.0. The number of aromatic nitrogens is 2. The Bertz CT molecular complexity index is 1130. The molecule has 0 aliphatic heterocycles. The van der Waals surface area contributed by atoms with Crippen molar-refractivity contribution in [2.45, 2.75) is 49.1 Å². The quantitative estimate of drug-likeness (QED) is 0.228. The van der Waals surface area contributed by atoms with E-state index in [-0.39, 0.29) is 10.6 Å². The zero-order valence-corrected chi connectivity index (χ0v) is 22.4. The van der Waals surface area contributed by atoms with Crippen molar-refractivity contribution in [3.05, 3.63) is 46.7 Å². The minimum Gasteiger partial charge on any atom is -0.361 e. The third-order valence-corrected chi connectivity index (χ3v) is 8.16. The first-order valence-electron chi connectivity index (χ1n) is 10.5. The van der Waals surface area contributed by atoms with Crippen molar-refractivity contribution in [3.8, 4) is 0 Å². The van der Waals surface area contributed by atoms with Gasteiger partial charge in [-0.05, 0) is 47.1 Å². The number of benzene rings is 1. The SMILES string of the molecule is CCNC(=O)Nc1cc(F)c(Sc2ccnc3c2c(Br)cn3COCC[Si](C)(C)C)c(F)c1. The van der Waals surface area contributed by atoms with Crippen LogP contribution in [-0.4, -0.2) is 36.8 Å². The van der Waals surface area contributed by atoms with Crippen LogP contribution in [0, 0.1) is 11.6 Å². The van der Waals surface area contributed by atoms with Gasteiger partial charge < -0.3 is 19.9 Å². The van der Waals surface area contributed by atoms with Crippen molar-refractivity contribution >= 4 is 58.5 Å². The lowest BCUT2D eigenvalue weighted by Gasteiger charge is -2.15. The summed E-state index contributed by atoms with van der Waals surface area (Å²) in [6.07, 6.45) is 3.47. The number of hydrogen-bond donors (Lipinski definition) is 2. The molecule has 178 valence electrons. The highest BCUT2D eigenvalue weighted by atomic mass is 79.9. The Labute approximate surface area is 205 Å². The van der Waals surface area contributed by atoms with Crippen LogP contribution < -0.4 is 10.6 Å².